The van der Waals surface area contributed by atoms with Gasteiger partial charge in [-0.1, -0.05) is 36.0 Å². The number of nitrogens with one attached hydrogen (secondary N) is 2. The van der Waals surface area contributed by atoms with Gasteiger partial charge >= 0.3 is 6.03 Å². The number of halogens is 2. The molecule has 20 heavy (non-hydrogen) atoms. The van der Waals surface area contributed by atoms with E-state index in [9.17, 15) is 4.79 Å². The standard InChI is InChI=1S/C14H19Cl2N3O/c15-11-6-5-10(7-12(11)16)18-14(20)19-13-4-2-1-3-9(13)8-17/h5-7,9,13H,1-4,8,17H2,(H2,18,19,20). The number of carbonyl (C=O) groups is 1. The van der Waals surface area contributed by atoms with Gasteiger partial charge in [-0.15, -0.1) is 0 Å². The van der Waals surface area contributed by atoms with Crippen LogP contribution >= 0.6 is 23.2 Å². The fraction of sp³-hybridized carbons (Fsp3) is 0.500. The van der Waals surface area contributed by atoms with Gasteiger partial charge in [-0.3, -0.25) is 0 Å². The summed E-state index contributed by atoms with van der Waals surface area (Å²) >= 11 is 11.8. The third-order valence-corrected chi connectivity index (χ3v) is 4.44. The number of amides is 2. The molecule has 0 heterocycles. The highest BCUT2D eigenvalue weighted by Crippen LogP contribution is 2.26. The molecule has 0 saturated heterocycles. The van der Waals surface area contributed by atoms with E-state index in [4.69, 9.17) is 28.9 Å². The molecule has 1 aliphatic carbocycles. The van der Waals surface area contributed by atoms with Crippen LogP contribution in [0.25, 0.3) is 0 Å². The highest BCUT2D eigenvalue weighted by molar-refractivity contribution is 6.42. The number of benzene rings is 1. The maximum atomic E-state index is 12.0. The zero-order valence-electron chi connectivity index (χ0n) is 11.2. The lowest BCUT2D eigenvalue weighted by molar-refractivity contribution is 0.229. The molecule has 1 aromatic carbocycles. The van der Waals surface area contributed by atoms with Gasteiger partial charge in [0.15, 0.2) is 0 Å². The second-order valence-corrected chi connectivity index (χ2v) is 5.93. The van der Waals surface area contributed by atoms with E-state index in [-0.39, 0.29) is 12.1 Å². The third kappa shape index (κ3) is 4.01. The Morgan fingerprint density at radius 3 is 2.70 bits per heavy atom. The average Bonchev–Trinajstić information content (AvgIpc) is 2.43. The first-order chi connectivity index (χ1) is 9.60. The summed E-state index contributed by atoms with van der Waals surface area (Å²) in [5, 5.41) is 6.65. The molecule has 2 amide bonds. The SMILES string of the molecule is NCC1CCCCC1NC(=O)Nc1ccc(Cl)c(Cl)c1. The Hall–Kier alpha value is -0.970. The van der Waals surface area contributed by atoms with Gasteiger partial charge in [0.1, 0.15) is 0 Å². The monoisotopic (exact) mass is 315 g/mol. The predicted octanol–water partition coefficient (Wildman–Crippen LogP) is 3.63. The van der Waals surface area contributed by atoms with Gasteiger partial charge in [0.25, 0.3) is 0 Å². The van der Waals surface area contributed by atoms with Crippen LogP contribution < -0.4 is 16.4 Å². The zero-order chi connectivity index (χ0) is 14.5. The lowest BCUT2D eigenvalue weighted by Gasteiger charge is -2.31. The fourth-order valence-corrected chi connectivity index (χ4v) is 2.89. The lowest BCUT2D eigenvalue weighted by Crippen LogP contribution is -2.46. The number of anilines is 1. The molecule has 0 bridgehead atoms. The Labute approximate surface area is 129 Å². The van der Waals surface area contributed by atoms with Crippen molar-refractivity contribution < 1.29 is 4.79 Å². The van der Waals surface area contributed by atoms with Crippen molar-refractivity contribution in [2.75, 3.05) is 11.9 Å². The average molecular weight is 316 g/mol. The molecule has 4 N–H and O–H groups in total. The van der Waals surface area contributed by atoms with E-state index in [0.29, 0.717) is 28.2 Å². The van der Waals surface area contributed by atoms with Gasteiger partial charge in [-0.05, 0) is 43.5 Å². The minimum absolute atomic E-state index is 0.150. The van der Waals surface area contributed by atoms with Gasteiger partial charge < -0.3 is 16.4 Å². The first kappa shape index (κ1) is 15.4. The maximum absolute atomic E-state index is 12.0. The van der Waals surface area contributed by atoms with E-state index in [1.807, 2.05) is 0 Å². The van der Waals surface area contributed by atoms with E-state index >= 15 is 0 Å². The Morgan fingerprint density at radius 2 is 2.00 bits per heavy atom. The van der Waals surface area contributed by atoms with Crippen LogP contribution in [-0.4, -0.2) is 18.6 Å². The van der Waals surface area contributed by atoms with Crippen LogP contribution in [0.1, 0.15) is 25.7 Å². The number of hydrogen-bond donors (Lipinski definition) is 3. The Balaban J connectivity index is 1.92. The van der Waals surface area contributed by atoms with E-state index < -0.39 is 0 Å². The summed E-state index contributed by atoms with van der Waals surface area (Å²) in [6, 6.07) is 4.92. The van der Waals surface area contributed by atoms with E-state index in [0.717, 1.165) is 19.3 Å². The van der Waals surface area contributed by atoms with Crippen LogP contribution in [0, 0.1) is 5.92 Å². The summed E-state index contributed by atoms with van der Waals surface area (Å²) in [5.74, 6) is 0.364. The Morgan fingerprint density at radius 1 is 1.25 bits per heavy atom. The number of hydrogen-bond acceptors (Lipinski definition) is 2. The molecule has 0 radical (unpaired) electrons. The first-order valence-corrected chi connectivity index (χ1v) is 7.58. The lowest BCUT2D eigenvalue weighted by atomic mass is 9.84. The van der Waals surface area contributed by atoms with Gasteiger partial charge in [0, 0.05) is 11.7 Å². The van der Waals surface area contributed by atoms with Crippen LogP contribution in [0.2, 0.25) is 10.0 Å². The van der Waals surface area contributed by atoms with Crippen LogP contribution in [0.4, 0.5) is 10.5 Å². The number of carbonyl (C=O) groups excluding carboxylic acids is 1. The summed E-state index contributed by atoms with van der Waals surface area (Å²) in [5.41, 5.74) is 6.38. The summed E-state index contributed by atoms with van der Waals surface area (Å²) in [6.45, 7) is 0.609. The van der Waals surface area contributed by atoms with Crippen LogP contribution in [0.15, 0.2) is 18.2 Å². The molecule has 2 unspecified atom stereocenters. The molecule has 2 atom stereocenters. The van der Waals surface area contributed by atoms with Crippen molar-refractivity contribution in [3.8, 4) is 0 Å². The molecular formula is C14H19Cl2N3O. The second kappa shape index (κ2) is 7.16. The van der Waals surface area contributed by atoms with Crippen LogP contribution in [0.5, 0.6) is 0 Å². The molecule has 4 nitrogen and oxygen atoms in total. The highest BCUT2D eigenvalue weighted by atomic mass is 35.5. The molecular weight excluding hydrogens is 297 g/mol. The highest BCUT2D eigenvalue weighted by Gasteiger charge is 2.25. The van der Waals surface area contributed by atoms with Crippen molar-refractivity contribution in [1.29, 1.82) is 0 Å². The first-order valence-electron chi connectivity index (χ1n) is 6.83. The minimum atomic E-state index is -0.228. The van der Waals surface area contributed by atoms with Crippen molar-refractivity contribution in [2.24, 2.45) is 11.7 Å². The Bertz CT molecular complexity index is 481. The predicted molar refractivity (Wildman–Crippen MR) is 83.4 cm³/mol. The molecule has 1 saturated carbocycles. The number of rotatable bonds is 3. The molecule has 1 aliphatic rings. The minimum Gasteiger partial charge on any atom is -0.335 e. The largest absolute Gasteiger partial charge is 0.335 e. The summed E-state index contributed by atoms with van der Waals surface area (Å²) in [7, 11) is 0. The molecule has 1 fully saturated rings. The summed E-state index contributed by atoms with van der Waals surface area (Å²) in [6.07, 6.45) is 4.38. The topological polar surface area (TPSA) is 67.1 Å². The third-order valence-electron chi connectivity index (χ3n) is 3.71. The molecule has 6 heteroatoms. The van der Waals surface area contributed by atoms with E-state index in [1.54, 1.807) is 18.2 Å². The summed E-state index contributed by atoms with van der Waals surface area (Å²) < 4.78 is 0. The molecule has 0 spiro atoms. The van der Waals surface area contributed by atoms with Gasteiger partial charge in [0.05, 0.1) is 10.0 Å². The van der Waals surface area contributed by atoms with Crippen molar-refractivity contribution in [3.63, 3.8) is 0 Å². The maximum Gasteiger partial charge on any atom is 0.319 e. The van der Waals surface area contributed by atoms with Crippen molar-refractivity contribution in [2.45, 2.75) is 31.7 Å². The molecule has 1 aromatic rings. The van der Waals surface area contributed by atoms with Gasteiger partial charge in [0.2, 0.25) is 0 Å². The molecule has 0 aromatic heterocycles. The van der Waals surface area contributed by atoms with Crippen molar-refractivity contribution >= 4 is 34.9 Å². The van der Waals surface area contributed by atoms with Crippen molar-refractivity contribution in [1.82, 2.24) is 5.32 Å². The van der Waals surface area contributed by atoms with Crippen molar-refractivity contribution in [3.05, 3.63) is 28.2 Å². The van der Waals surface area contributed by atoms with Gasteiger partial charge in [-0.2, -0.15) is 0 Å². The zero-order valence-corrected chi connectivity index (χ0v) is 12.7. The molecule has 110 valence electrons. The fourth-order valence-electron chi connectivity index (χ4n) is 2.59. The summed E-state index contributed by atoms with van der Waals surface area (Å²) in [4.78, 5) is 12.0. The number of nitrogens with two attached hydrogens (primary N) is 1. The van der Waals surface area contributed by atoms with E-state index in [2.05, 4.69) is 10.6 Å². The van der Waals surface area contributed by atoms with Crippen LogP contribution in [-0.2, 0) is 0 Å². The molecule has 2 rings (SSSR count). The quantitative estimate of drug-likeness (QED) is 0.797. The second-order valence-electron chi connectivity index (χ2n) is 5.11. The van der Waals surface area contributed by atoms with Gasteiger partial charge in [-0.25, -0.2) is 4.79 Å². The Kier molecular flexibility index (Phi) is 5.52. The normalized spacial score (nSPS) is 22.4. The smallest absolute Gasteiger partial charge is 0.319 e. The van der Waals surface area contributed by atoms with E-state index in [1.165, 1.54) is 6.42 Å². The van der Waals surface area contributed by atoms with Crippen LogP contribution in [0.3, 0.4) is 0 Å². The molecule has 0 aliphatic heterocycles. The number of urea groups is 1.